The summed E-state index contributed by atoms with van der Waals surface area (Å²) in [7, 11) is 0. The minimum atomic E-state index is -0.280. The molecule has 1 aliphatic rings. The molecular formula is C19H20N6OS. The summed E-state index contributed by atoms with van der Waals surface area (Å²) >= 11 is 1.64. The van der Waals surface area contributed by atoms with E-state index in [1.807, 2.05) is 4.57 Å². The topological polar surface area (TPSA) is 88.8 Å². The maximum atomic E-state index is 10.2. The molecule has 2 atom stereocenters. The van der Waals surface area contributed by atoms with E-state index in [1.54, 1.807) is 30.2 Å². The number of rotatable bonds is 4. The van der Waals surface area contributed by atoms with Crippen molar-refractivity contribution in [3.05, 3.63) is 42.6 Å². The fraction of sp³-hybridized carbons (Fsp3) is 0.368. The monoisotopic (exact) mass is 380 g/mol. The molecular weight excluding hydrogens is 360 g/mol. The van der Waals surface area contributed by atoms with E-state index in [2.05, 4.69) is 43.5 Å². The number of fused-ring (bicyclic) bond motifs is 2. The van der Waals surface area contributed by atoms with Crippen molar-refractivity contribution < 1.29 is 5.11 Å². The van der Waals surface area contributed by atoms with Crippen LogP contribution in [0.2, 0.25) is 0 Å². The molecule has 0 spiro atoms. The van der Waals surface area contributed by atoms with Gasteiger partial charge in [-0.3, -0.25) is 0 Å². The Morgan fingerprint density at radius 2 is 2.11 bits per heavy atom. The van der Waals surface area contributed by atoms with Crippen LogP contribution >= 0.6 is 11.3 Å². The summed E-state index contributed by atoms with van der Waals surface area (Å²) in [6.45, 7) is 0.700. The molecule has 138 valence electrons. The predicted octanol–water partition coefficient (Wildman–Crippen LogP) is 3.20. The second kappa shape index (κ2) is 6.86. The highest BCUT2D eigenvalue weighted by Gasteiger charge is 2.23. The summed E-state index contributed by atoms with van der Waals surface area (Å²) in [5, 5.41) is 14.5. The smallest absolute Gasteiger partial charge is 0.184 e. The summed E-state index contributed by atoms with van der Waals surface area (Å²) < 4.78 is 3.16. The van der Waals surface area contributed by atoms with Crippen molar-refractivity contribution in [2.45, 2.75) is 44.4 Å². The van der Waals surface area contributed by atoms with Crippen LogP contribution in [0.5, 0.6) is 0 Å². The normalized spacial score (nSPS) is 20.3. The van der Waals surface area contributed by atoms with E-state index in [0.29, 0.717) is 6.54 Å². The van der Waals surface area contributed by atoms with E-state index in [1.165, 1.54) is 5.56 Å². The van der Waals surface area contributed by atoms with Gasteiger partial charge in [-0.2, -0.15) is 0 Å². The van der Waals surface area contributed by atoms with Crippen molar-refractivity contribution in [3.8, 4) is 0 Å². The molecule has 0 aliphatic heterocycles. The lowest BCUT2D eigenvalue weighted by molar-refractivity contribution is 0.116. The Hall–Kier alpha value is -2.58. The highest BCUT2D eigenvalue weighted by molar-refractivity contribution is 7.22. The Morgan fingerprint density at radius 1 is 1.19 bits per heavy atom. The summed E-state index contributed by atoms with van der Waals surface area (Å²) in [6, 6.07) is 6.42. The first-order chi connectivity index (χ1) is 13.3. The molecule has 8 heteroatoms. The standard InChI is InChI=1S/C19H20N6OS/c26-16-4-2-1-3-13(16)23-19-24-14-6-5-12(7-17(14)27-19)9-25-11-22-15-8-20-10-21-18(15)25/h5-8,10-11,13,16,26H,1-4,9H2,(H,23,24). The van der Waals surface area contributed by atoms with Crippen molar-refractivity contribution >= 4 is 37.8 Å². The van der Waals surface area contributed by atoms with Crippen molar-refractivity contribution in [1.29, 1.82) is 0 Å². The van der Waals surface area contributed by atoms with Gasteiger partial charge in [0, 0.05) is 0 Å². The van der Waals surface area contributed by atoms with Gasteiger partial charge in [0.1, 0.15) is 11.8 Å². The lowest BCUT2D eigenvalue weighted by Gasteiger charge is -2.27. The van der Waals surface area contributed by atoms with E-state index in [9.17, 15) is 5.11 Å². The summed E-state index contributed by atoms with van der Waals surface area (Å²) in [6.07, 6.45) is 8.93. The number of nitrogens with zero attached hydrogens (tertiary/aromatic N) is 5. The number of imidazole rings is 1. The minimum absolute atomic E-state index is 0.107. The van der Waals surface area contributed by atoms with Crippen LogP contribution in [0.1, 0.15) is 31.2 Å². The van der Waals surface area contributed by atoms with E-state index >= 15 is 0 Å². The van der Waals surface area contributed by atoms with Crippen LogP contribution in [0.15, 0.2) is 37.1 Å². The van der Waals surface area contributed by atoms with Crippen LogP contribution in [0.25, 0.3) is 21.4 Å². The van der Waals surface area contributed by atoms with Gasteiger partial charge in [-0.1, -0.05) is 30.2 Å². The van der Waals surface area contributed by atoms with Gasteiger partial charge >= 0.3 is 0 Å². The van der Waals surface area contributed by atoms with Crippen LogP contribution in [0, 0.1) is 0 Å². The lowest BCUT2D eigenvalue weighted by Crippen LogP contribution is -2.36. The van der Waals surface area contributed by atoms with Gasteiger partial charge in [0.2, 0.25) is 0 Å². The quantitative estimate of drug-likeness (QED) is 0.565. The Morgan fingerprint density at radius 3 is 3.04 bits per heavy atom. The number of thiazole rings is 1. The SMILES string of the molecule is OC1CCCCC1Nc1nc2ccc(Cn3cnc4cncnc43)cc2s1. The lowest BCUT2D eigenvalue weighted by atomic mass is 9.93. The number of aromatic nitrogens is 5. The highest BCUT2D eigenvalue weighted by Crippen LogP contribution is 2.30. The van der Waals surface area contributed by atoms with Crippen molar-refractivity contribution in [2.24, 2.45) is 0 Å². The maximum absolute atomic E-state index is 10.2. The van der Waals surface area contributed by atoms with E-state index in [0.717, 1.165) is 52.2 Å². The molecule has 7 nitrogen and oxygen atoms in total. The third kappa shape index (κ3) is 3.26. The van der Waals surface area contributed by atoms with Crippen molar-refractivity contribution in [3.63, 3.8) is 0 Å². The number of benzene rings is 1. The minimum Gasteiger partial charge on any atom is -0.391 e. The molecule has 0 bridgehead atoms. The summed E-state index contributed by atoms with van der Waals surface area (Å²) in [5.74, 6) is 0. The van der Waals surface area contributed by atoms with Crippen LogP contribution in [0.3, 0.4) is 0 Å². The number of hydrogen-bond donors (Lipinski definition) is 2. The molecule has 1 saturated carbocycles. The third-order valence-corrected chi connectivity index (χ3v) is 6.07. The Labute approximate surface area is 160 Å². The van der Waals surface area contributed by atoms with E-state index in [4.69, 9.17) is 0 Å². The first-order valence-electron chi connectivity index (χ1n) is 9.21. The number of nitrogens with one attached hydrogen (secondary N) is 1. The van der Waals surface area contributed by atoms with E-state index < -0.39 is 0 Å². The molecule has 0 radical (unpaired) electrons. The number of anilines is 1. The highest BCUT2D eigenvalue weighted by atomic mass is 32.1. The fourth-order valence-electron chi connectivity index (χ4n) is 3.69. The zero-order valence-electron chi connectivity index (χ0n) is 14.7. The van der Waals surface area contributed by atoms with Crippen LogP contribution < -0.4 is 5.32 Å². The second-order valence-corrected chi connectivity index (χ2v) is 8.06. The van der Waals surface area contributed by atoms with Gasteiger partial charge < -0.3 is 15.0 Å². The molecule has 1 fully saturated rings. The molecule has 4 aromatic rings. The van der Waals surface area contributed by atoms with Gasteiger partial charge in [-0.15, -0.1) is 0 Å². The zero-order chi connectivity index (χ0) is 18.2. The first-order valence-corrected chi connectivity index (χ1v) is 10.0. The van der Waals surface area contributed by atoms with Gasteiger partial charge in [0.25, 0.3) is 0 Å². The molecule has 1 aromatic carbocycles. The zero-order valence-corrected chi connectivity index (χ0v) is 15.6. The Kier molecular flexibility index (Phi) is 4.21. The van der Waals surface area contributed by atoms with Crippen LogP contribution in [0.4, 0.5) is 5.13 Å². The van der Waals surface area contributed by atoms with Crippen molar-refractivity contribution in [2.75, 3.05) is 5.32 Å². The molecule has 0 saturated heterocycles. The van der Waals surface area contributed by atoms with Crippen LogP contribution in [-0.4, -0.2) is 41.8 Å². The Balaban J connectivity index is 1.39. The van der Waals surface area contributed by atoms with Crippen molar-refractivity contribution in [1.82, 2.24) is 24.5 Å². The molecule has 1 aliphatic carbocycles. The number of hydrogen-bond acceptors (Lipinski definition) is 7. The molecule has 2 unspecified atom stereocenters. The first kappa shape index (κ1) is 16.6. The molecule has 2 N–H and O–H groups in total. The van der Waals surface area contributed by atoms with Gasteiger partial charge in [0.05, 0.1) is 41.4 Å². The van der Waals surface area contributed by atoms with Gasteiger partial charge in [0.15, 0.2) is 10.8 Å². The molecule has 5 rings (SSSR count). The summed E-state index contributed by atoms with van der Waals surface area (Å²) in [4.78, 5) is 17.4. The fourth-order valence-corrected chi connectivity index (χ4v) is 4.69. The summed E-state index contributed by atoms with van der Waals surface area (Å²) in [5.41, 5.74) is 3.79. The molecule has 27 heavy (non-hydrogen) atoms. The van der Waals surface area contributed by atoms with Gasteiger partial charge in [-0.25, -0.2) is 19.9 Å². The average molecular weight is 380 g/mol. The van der Waals surface area contributed by atoms with Crippen LogP contribution in [-0.2, 0) is 6.54 Å². The third-order valence-electron chi connectivity index (χ3n) is 5.12. The maximum Gasteiger partial charge on any atom is 0.184 e. The molecule has 3 heterocycles. The Bertz CT molecular complexity index is 1090. The largest absolute Gasteiger partial charge is 0.391 e. The number of aliphatic hydroxyl groups is 1. The molecule has 0 amide bonds. The van der Waals surface area contributed by atoms with E-state index in [-0.39, 0.29) is 12.1 Å². The second-order valence-electron chi connectivity index (χ2n) is 7.03. The van der Waals surface area contributed by atoms with Gasteiger partial charge in [-0.05, 0) is 30.5 Å². The number of aliphatic hydroxyl groups excluding tert-OH is 1. The average Bonchev–Trinajstić information content (AvgIpc) is 3.27. The predicted molar refractivity (Wildman–Crippen MR) is 106 cm³/mol. The molecule has 3 aromatic heterocycles.